The summed E-state index contributed by atoms with van der Waals surface area (Å²) in [5, 5.41) is 0. The first kappa shape index (κ1) is 16.8. The molecule has 4 rings (SSSR count). The number of fused-ring (bicyclic) bond motifs is 1. The number of allylic oxidation sites excluding steroid dienone is 1. The summed E-state index contributed by atoms with van der Waals surface area (Å²) in [6.07, 6.45) is 4.74. The van der Waals surface area contributed by atoms with E-state index in [0.717, 1.165) is 28.7 Å². The number of rotatable bonds is 4. The van der Waals surface area contributed by atoms with Crippen molar-refractivity contribution in [3.05, 3.63) is 58.1 Å². The molecular formula is C20H16BrNO4. The van der Waals surface area contributed by atoms with Crippen molar-refractivity contribution in [1.82, 2.24) is 0 Å². The molecular weight excluding hydrogens is 398 g/mol. The zero-order chi connectivity index (χ0) is 18.1. The van der Waals surface area contributed by atoms with Crippen LogP contribution in [0.15, 0.2) is 46.9 Å². The molecule has 2 aromatic carbocycles. The van der Waals surface area contributed by atoms with Gasteiger partial charge in [0.2, 0.25) is 12.7 Å². The van der Waals surface area contributed by atoms with Crippen LogP contribution in [0.25, 0.3) is 6.08 Å². The predicted octanol–water partition coefficient (Wildman–Crippen LogP) is 4.20. The number of carbonyl (C=O) groups excluding carboxylic acids is 2. The Kier molecular flexibility index (Phi) is 4.51. The zero-order valence-electron chi connectivity index (χ0n) is 13.9. The Bertz CT molecular complexity index is 905. The lowest BCUT2D eigenvalue weighted by Crippen LogP contribution is -2.23. The number of benzene rings is 2. The normalized spacial score (nSPS) is 15.9. The molecule has 0 saturated carbocycles. The predicted molar refractivity (Wildman–Crippen MR) is 102 cm³/mol. The molecule has 0 radical (unpaired) electrons. The summed E-state index contributed by atoms with van der Waals surface area (Å²) in [6.45, 7) is 0.948. The number of halogens is 1. The summed E-state index contributed by atoms with van der Waals surface area (Å²) >= 11 is 3.47. The third-order valence-electron chi connectivity index (χ3n) is 4.44. The highest BCUT2D eigenvalue weighted by Crippen LogP contribution is 2.37. The van der Waals surface area contributed by atoms with Gasteiger partial charge < -0.3 is 14.4 Å². The van der Waals surface area contributed by atoms with Gasteiger partial charge >= 0.3 is 0 Å². The maximum atomic E-state index is 12.4. The van der Waals surface area contributed by atoms with E-state index >= 15 is 0 Å². The number of carbonyl (C=O) groups is 2. The molecule has 0 N–H and O–H groups in total. The van der Waals surface area contributed by atoms with Gasteiger partial charge in [0.25, 0.3) is 0 Å². The summed E-state index contributed by atoms with van der Waals surface area (Å²) in [5.41, 5.74) is 2.25. The average Bonchev–Trinajstić information content (AvgIpc) is 3.28. The molecule has 6 heteroatoms. The van der Waals surface area contributed by atoms with Crippen LogP contribution in [0.3, 0.4) is 0 Å². The van der Waals surface area contributed by atoms with Crippen molar-refractivity contribution in [2.24, 2.45) is 0 Å². The highest BCUT2D eigenvalue weighted by molar-refractivity contribution is 9.10. The van der Waals surface area contributed by atoms with E-state index in [4.69, 9.17) is 9.47 Å². The zero-order valence-corrected chi connectivity index (χ0v) is 15.5. The van der Waals surface area contributed by atoms with E-state index in [1.807, 2.05) is 24.3 Å². The molecule has 1 fully saturated rings. The molecule has 2 aliphatic rings. The molecule has 2 aliphatic heterocycles. The highest BCUT2D eigenvalue weighted by atomic mass is 79.9. The number of amides is 1. The van der Waals surface area contributed by atoms with Gasteiger partial charge in [-0.1, -0.05) is 15.9 Å². The van der Waals surface area contributed by atoms with Crippen LogP contribution in [0.2, 0.25) is 0 Å². The van der Waals surface area contributed by atoms with E-state index in [1.54, 1.807) is 23.1 Å². The number of hydrogen-bond donors (Lipinski definition) is 0. The minimum absolute atomic E-state index is 0.103. The molecule has 0 aromatic heterocycles. The molecule has 0 atom stereocenters. The lowest BCUT2D eigenvalue weighted by molar-refractivity contribution is -0.117. The largest absolute Gasteiger partial charge is 0.454 e. The van der Waals surface area contributed by atoms with Gasteiger partial charge in [0.1, 0.15) is 0 Å². The van der Waals surface area contributed by atoms with Crippen LogP contribution in [-0.4, -0.2) is 25.0 Å². The fourth-order valence-electron chi connectivity index (χ4n) is 3.05. The lowest BCUT2D eigenvalue weighted by atomic mass is 10.1. The second-order valence-electron chi connectivity index (χ2n) is 6.12. The van der Waals surface area contributed by atoms with E-state index in [9.17, 15) is 9.59 Å². The first-order valence-corrected chi connectivity index (χ1v) is 9.13. The number of nitrogens with zero attached hydrogens (tertiary/aromatic N) is 1. The Morgan fingerprint density at radius 1 is 1.12 bits per heavy atom. The molecule has 1 amide bonds. The minimum atomic E-state index is -0.103. The number of ether oxygens (including phenoxy) is 2. The second kappa shape index (κ2) is 6.96. The number of hydrogen-bond acceptors (Lipinski definition) is 4. The van der Waals surface area contributed by atoms with Gasteiger partial charge in [-0.05, 0) is 60.5 Å². The molecule has 0 aliphatic carbocycles. The molecule has 0 bridgehead atoms. The van der Waals surface area contributed by atoms with Crippen LogP contribution in [-0.2, 0) is 4.79 Å². The Hall–Kier alpha value is -2.60. The summed E-state index contributed by atoms with van der Waals surface area (Å²) < 4.78 is 11.5. The maximum Gasteiger partial charge on any atom is 0.231 e. The van der Waals surface area contributed by atoms with Crippen molar-refractivity contribution in [2.75, 3.05) is 18.2 Å². The smallest absolute Gasteiger partial charge is 0.231 e. The second-order valence-corrected chi connectivity index (χ2v) is 6.97. The van der Waals surface area contributed by atoms with E-state index in [0.29, 0.717) is 23.5 Å². The highest BCUT2D eigenvalue weighted by Gasteiger charge is 2.21. The van der Waals surface area contributed by atoms with Crippen molar-refractivity contribution >= 4 is 39.4 Å². The molecule has 0 unspecified atom stereocenters. The van der Waals surface area contributed by atoms with E-state index in [1.165, 1.54) is 6.08 Å². The summed E-state index contributed by atoms with van der Waals surface area (Å²) in [5.74, 6) is 1.39. The van der Waals surface area contributed by atoms with Gasteiger partial charge in [-0.15, -0.1) is 0 Å². The Balaban J connectivity index is 1.50. The quantitative estimate of drug-likeness (QED) is 0.556. The maximum absolute atomic E-state index is 12.4. The van der Waals surface area contributed by atoms with Crippen LogP contribution in [0.4, 0.5) is 5.69 Å². The van der Waals surface area contributed by atoms with Crippen molar-refractivity contribution in [2.45, 2.75) is 12.8 Å². The van der Waals surface area contributed by atoms with E-state index in [2.05, 4.69) is 15.9 Å². The molecule has 26 heavy (non-hydrogen) atoms. The Morgan fingerprint density at radius 2 is 1.85 bits per heavy atom. The van der Waals surface area contributed by atoms with E-state index < -0.39 is 0 Å². The molecule has 5 nitrogen and oxygen atoms in total. The van der Waals surface area contributed by atoms with Crippen LogP contribution in [0.5, 0.6) is 11.5 Å². The van der Waals surface area contributed by atoms with Gasteiger partial charge in [0, 0.05) is 28.7 Å². The molecule has 2 heterocycles. The minimum Gasteiger partial charge on any atom is -0.454 e. The van der Waals surface area contributed by atoms with Gasteiger partial charge in [-0.25, -0.2) is 0 Å². The van der Waals surface area contributed by atoms with Crippen molar-refractivity contribution in [1.29, 1.82) is 0 Å². The Morgan fingerprint density at radius 3 is 2.54 bits per heavy atom. The van der Waals surface area contributed by atoms with Crippen LogP contribution < -0.4 is 14.4 Å². The number of anilines is 1. The third kappa shape index (κ3) is 3.24. The monoisotopic (exact) mass is 413 g/mol. The van der Waals surface area contributed by atoms with Gasteiger partial charge in [0.15, 0.2) is 17.3 Å². The molecule has 132 valence electrons. The van der Waals surface area contributed by atoms with Crippen LogP contribution in [0.1, 0.15) is 28.8 Å². The van der Waals surface area contributed by atoms with Gasteiger partial charge in [-0.3, -0.25) is 9.59 Å². The first-order valence-electron chi connectivity index (χ1n) is 8.34. The van der Waals surface area contributed by atoms with Gasteiger partial charge in [0.05, 0.1) is 0 Å². The van der Waals surface area contributed by atoms with Crippen LogP contribution in [0, 0.1) is 0 Å². The fraction of sp³-hybridized carbons (Fsp3) is 0.200. The standard InChI is InChI=1S/C20H16BrNO4/c21-16-11-19-18(25-12-26-19)10-14(16)5-8-17(23)13-3-6-15(7-4-13)22-9-1-2-20(22)24/h3-8,10-11H,1-2,9,12H2/b8-5+. The first-order chi connectivity index (χ1) is 12.6. The molecule has 2 aromatic rings. The summed E-state index contributed by atoms with van der Waals surface area (Å²) in [6, 6.07) is 10.8. The Labute approximate surface area is 159 Å². The SMILES string of the molecule is O=C(/C=C/c1cc2c(cc1Br)OCO2)c1ccc(N2CCCC2=O)cc1. The third-order valence-corrected chi connectivity index (χ3v) is 5.13. The van der Waals surface area contributed by atoms with Crippen molar-refractivity contribution in [3.63, 3.8) is 0 Å². The van der Waals surface area contributed by atoms with Crippen molar-refractivity contribution < 1.29 is 19.1 Å². The molecule has 0 spiro atoms. The molecule has 1 saturated heterocycles. The number of ketones is 1. The fourth-order valence-corrected chi connectivity index (χ4v) is 3.50. The topological polar surface area (TPSA) is 55.8 Å². The van der Waals surface area contributed by atoms with Crippen molar-refractivity contribution in [3.8, 4) is 11.5 Å². The average molecular weight is 414 g/mol. The summed E-state index contributed by atoms with van der Waals surface area (Å²) in [7, 11) is 0. The van der Waals surface area contributed by atoms with Gasteiger partial charge in [-0.2, -0.15) is 0 Å². The lowest BCUT2D eigenvalue weighted by Gasteiger charge is -2.15. The summed E-state index contributed by atoms with van der Waals surface area (Å²) in [4.78, 5) is 26.0. The van der Waals surface area contributed by atoms with Crippen LogP contribution >= 0.6 is 15.9 Å². The van der Waals surface area contributed by atoms with E-state index in [-0.39, 0.29) is 18.5 Å².